The van der Waals surface area contributed by atoms with Gasteiger partial charge in [0, 0.05) is 12.6 Å². The Morgan fingerprint density at radius 1 is 1.50 bits per heavy atom. The fourth-order valence-corrected chi connectivity index (χ4v) is 2.08. The number of rotatable bonds is 4. The number of ketones is 1. The van der Waals surface area contributed by atoms with Gasteiger partial charge in [-0.25, -0.2) is 4.79 Å². The highest BCUT2D eigenvalue weighted by Gasteiger charge is 2.47. The second-order valence-electron chi connectivity index (χ2n) is 2.74. The largest absolute Gasteiger partial charge is 0.463 e. The van der Waals surface area contributed by atoms with Gasteiger partial charge in [0.1, 0.15) is 0 Å². The first-order valence-electron chi connectivity index (χ1n) is 4.48. The zero-order valence-corrected chi connectivity index (χ0v) is 9.02. The Balaban J connectivity index is 2.82. The summed E-state index contributed by atoms with van der Waals surface area (Å²) in [6.45, 7) is 3.72. The highest BCUT2D eigenvalue weighted by Crippen LogP contribution is 2.31. The fourth-order valence-electron chi connectivity index (χ4n) is 1.17. The van der Waals surface area contributed by atoms with Crippen LogP contribution in [0.2, 0.25) is 0 Å². The Labute approximate surface area is 87.1 Å². The normalized spacial score (nSPS) is 24.4. The summed E-state index contributed by atoms with van der Waals surface area (Å²) in [7, 11) is 0. The van der Waals surface area contributed by atoms with Gasteiger partial charge < -0.3 is 10.1 Å². The van der Waals surface area contributed by atoms with E-state index in [1.165, 1.54) is 0 Å². The van der Waals surface area contributed by atoms with E-state index in [9.17, 15) is 9.59 Å². The van der Waals surface area contributed by atoms with E-state index in [1.54, 1.807) is 25.5 Å². The first-order valence-corrected chi connectivity index (χ1v) is 5.36. The van der Waals surface area contributed by atoms with Crippen molar-refractivity contribution in [1.82, 2.24) is 5.32 Å². The molecule has 0 aromatic heterocycles. The van der Waals surface area contributed by atoms with Gasteiger partial charge >= 0.3 is 5.97 Å². The van der Waals surface area contributed by atoms with E-state index in [1.807, 2.05) is 0 Å². The molecule has 0 bridgehead atoms. The lowest BCUT2D eigenvalue weighted by Gasteiger charge is -2.24. The Bertz CT molecular complexity index is 267. The Morgan fingerprint density at radius 2 is 2.21 bits per heavy atom. The smallest absolute Gasteiger partial charge is 0.350 e. The molecule has 1 unspecified atom stereocenters. The van der Waals surface area contributed by atoms with E-state index in [0.29, 0.717) is 6.42 Å². The van der Waals surface area contributed by atoms with Crippen LogP contribution in [0.1, 0.15) is 20.3 Å². The maximum atomic E-state index is 11.6. The molecule has 0 spiro atoms. The van der Waals surface area contributed by atoms with Crippen LogP contribution in [0.3, 0.4) is 0 Å². The average molecular weight is 215 g/mol. The molecule has 1 aliphatic rings. The van der Waals surface area contributed by atoms with Crippen LogP contribution in [-0.4, -0.2) is 23.2 Å². The zero-order valence-electron chi connectivity index (χ0n) is 8.20. The van der Waals surface area contributed by atoms with Gasteiger partial charge in [0.15, 0.2) is 5.78 Å². The van der Waals surface area contributed by atoms with Crippen molar-refractivity contribution in [2.75, 3.05) is 6.61 Å². The van der Waals surface area contributed by atoms with Crippen molar-refractivity contribution in [1.29, 1.82) is 0 Å². The monoisotopic (exact) mass is 215 g/mol. The molecule has 0 fully saturated rings. The van der Waals surface area contributed by atoms with E-state index < -0.39 is 10.8 Å². The van der Waals surface area contributed by atoms with Gasteiger partial charge in [0.2, 0.25) is 4.87 Å². The number of carbonyl (C=O) groups excluding carboxylic acids is 2. The summed E-state index contributed by atoms with van der Waals surface area (Å²) < 4.78 is 4.87. The Morgan fingerprint density at radius 3 is 2.64 bits per heavy atom. The van der Waals surface area contributed by atoms with Gasteiger partial charge in [0.25, 0.3) is 0 Å². The second-order valence-corrected chi connectivity index (χ2v) is 3.86. The Kier molecular flexibility index (Phi) is 3.57. The number of thioether (sulfide) groups is 1. The number of nitrogens with one attached hydrogen (secondary N) is 1. The number of Topliss-reactive ketones (excluding diaryl/α,β-unsaturated/α-hetero) is 1. The lowest BCUT2D eigenvalue weighted by Crippen LogP contribution is -2.52. The number of hydrogen-bond donors (Lipinski definition) is 1. The third kappa shape index (κ3) is 1.77. The van der Waals surface area contributed by atoms with Crippen LogP contribution < -0.4 is 5.32 Å². The van der Waals surface area contributed by atoms with E-state index in [4.69, 9.17) is 4.74 Å². The van der Waals surface area contributed by atoms with Crippen molar-refractivity contribution >= 4 is 23.5 Å². The summed E-state index contributed by atoms with van der Waals surface area (Å²) in [5.74, 6) is -0.673. The molecular weight excluding hydrogens is 202 g/mol. The fraction of sp³-hybridized carbons (Fsp3) is 0.556. The quantitative estimate of drug-likeness (QED) is 0.561. The minimum atomic E-state index is -1.23. The van der Waals surface area contributed by atoms with Crippen LogP contribution in [0, 0.1) is 0 Å². The summed E-state index contributed by atoms with van der Waals surface area (Å²) in [4.78, 5) is 22.0. The lowest BCUT2D eigenvalue weighted by molar-refractivity contribution is -0.149. The van der Waals surface area contributed by atoms with Gasteiger partial charge in [0.05, 0.1) is 6.61 Å². The predicted octanol–water partition coefficient (Wildman–Crippen LogP) is 1.03. The molecule has 1 atom stereocenters. The van der Waals surface area contributed by atoms with Crippen molar-refractivity contribution in [2.45, 2.75) is 25.1 Å². The molecule has 1 N–H and O–H groups in total. The number of esters is 1. The van der Waals surface area contributed by atoms with Crippen LogP contribution in [0.25, 0.3) is 0 Å². The molecule has 78 valence electrons. The lowest BCUT2D eigenvalue weighted by atomic mass is 10.1. The maximum absolute atomic E-state index is 11.6. The first-order chi connectivity index (χ1) is 6.67. The van der Waals surface area contributed by atoms with Gasteiger partial charge in [-0.2, -0.15) is 0 Å². The van der Waals surface area contributed by atoms with Crippen LogP contribution in [0.5, 0.6) is 0 Å². The molecule has 1 aliphatic heterocycles. The van der Waals surface area contributed by atoms with Crippen LogP contribution in [0.4, 0.5) is 0 Å². The third-order valence-corrected chi connectivity index (χ3v) is 3.01. The topological polar surface area (TPSA) is 55.4 Å². The molecule has 0 aromatic carbocycles. The van der Waals surface area contributed by atoms with E-state index >= 15 is 0 Å². The SMILES string of the molecule is CCOC(=O)C1(C(=O)CC)NC=CS1. The minimum absolute atomic E-state index is 0.161. The third-order valence-electron chi connectivity index (χ3n) is 1.88. The zero-order chi connectivity index (χ0) is 10.6. The number of ether oxygens (including phenoxy) is 1. The van der Waals surface area contributed by atoms with Crippen LogP contribution >= 0.6 is 11.8 Å². The van der Waals surface area contributed by atoms with E-state index in [2.05, 4.69) is 5.32 Å². The highest BCUT2D eigenvalue weighted by molar-refractivity contribution is 8.05. The standard InChI is InChI=1S/C9H13NO3S/c1-3-7(11)9(8(12)13-4-2)10-5-6-14-9/h5-6,10H,3-4H2,1-2H3. The molecule has 1 rings (SSSR count). The summed E-state index contributed by atoms with van der Waals surface area (Å²) in [5, 5.41) is 4.45. The molecule has 14 heavy (non-hydrogen) atoms. The molecular formula is C9H13NO3S. The van der Waals surface area contributed by atoms with Gasteiger partial charge in [-0.15, -0.1) is 0 Å². The Hall–Kier alpha value is -0.970. The summed E-state index contributed by atoms with van der Waals surface area (Å²) >= 11 is 1.15. The number of carbonyl (C=O) groups is 2. The van der Waals surface area contributed by atoms with Crippen LogP contribution in [0.15, 0.2) is 11.6 Å². The first kappa shape index (κ1) is 11.1. The molecule has 0 amide bonds. The van der Waals surface area contributed by atoms with Gasteiger partial charge in [-0.05, 0) is 12.3 Å². The highest BCUT2D eigenvalue weighted by atomic mass is 32.2. The minimum Gasteiger partial charge on any atom is -0.463 e. The van der Waals surface area contributed by atoms with Gasteiger partial charge in [-0.1, -0.05) is 18.7 Å². The van der Waals surface area contributed by atoms with Crippen molar-refractivity contribution in [3.8, 4) is 0 Å². The van der Waals surface area contributed by atoms with Crippen molar-refractivity contribution < 1.29 is 14.3 Å². The molecule has 0 aromatic rings. The molecule has 4 nitrogen and oxygen atoms in total. The molecule has 5 heteroatoms. The average Bonchev–Trinajstić information content (AvgIpc) is 2.67. The van der Waals surface area contributed by atoms with Crippen LogP contribution in [-0.2, 0) is 14.3 Å². The maximum Gasteiger partial charge on any atom is 0.350 e. The molecule has 0 aliphatic carbocycles. The predicted molar refractivity (Wildman–Crippen MR) is 54.5 cm³/mol. The molecule has 0 radical (unpaired) electrons. The van der Waals surface area contributed by atoms with Gasteiger partial charge in [-0.3, -0.25) is 4.79 Å². The van der Waals surface area contributed by atoms with Crippen molar-refractivity contribution in [2.24, 2.45) is 0 Å². The van der Waals surface area contributed by atoms with E-state index in [0.717, 1.165) is 11.8 Å². The summed E-state index contributed by atoms with van der Waals surface area (Å²) in [6, 6.07) is 0. The summed E-state index contributed by atoms with van der Waals surface area (Å²) in [5.41, 5.74) is 0. The molecule has 0 saturated heterocycles. The summed E-state index contributed by atoms with van der Waals surface area (Å²) in [6.07, 6.45) is 1.90. The number of hydrogen-bond acceptors (Lipinski definition) is 5. The molecule has 0 saturated carbocycles. The van der Waals surface area contributed by atoms with Crippen molar-refractivity contribution in [3.63, 3.8) is 0 Å². The second kappa shape index (κ2) is 4.50. The molecule has 1 heterocycles. The van der Waals surface area contributed by atoms with E-state index in [-0.39, 0.29) is 12.4 Å². The van der Waals surface area contributed by atoms with Crippen molar-refractivity contribution in [3.05, 3.63) is 11.6 Å².